The van der Waals surface area contributed by atoms with Gasteiger partial charge in [-0.3, -0.25) is 4.79 Å². The Morgan fingerprint density at radius 1 is 1.21 bits per heavy atom. The third-order valence-corrected chi connectivity index (χ3v) is 7.65. The van der Waals surface area contributed by atoms with Gasteiger partial charge in [-0.25, -0.2) is 4.98 Å². The third kappa shape index (κ3) is 5.34. The highest BCUT2D eigenvalue weighted by Crippen LogP contribution is 2.38. The summed E-state index contributed by atoms with van der Waals surface area (Å²) in [6.07, 6.45) is 3.49. The van der Waals surface area contributed by atoms with Gasteiger partial charge >= 0.3 is 0 Å². The predicted molar refractivity (Wildman–Crippen MR) is 132 cm³/mol. The van der Waals surface area contributed by atoms with Crippen molar-refractivity contribution in [1.82, 2.24) is 9.55 Å². The van der Waals surface area contributed by atoms with Crippen LogP contribution in [0.15, 0.2) is 42.6 Å². The molecule has 1 aliphatic rings. The fourth-order valence-electron chi connectivity index (χ4n) is 3.84. The zero-order valence-corrected chi connectivity index (χ0v) is 20.6. The first-order chi connectivity index (χ1) is 15.8. The van der Waals surface area contributed by atoms with Gasteiger partial charge < -0.3 is 24.2 Å². The Kier molecular flexibility index (Phi) is 6.67. The number of anilines is 1. The number of aromatic nitrogens is 2. The number of carbonyl (C=O) groups excluding carboxylic acids is 2. The van der Waals surface area contributed by atoms with Crippen molar-refractivity contribution >= 4 is 37.1 Å². The number of benzene rings is 1. The molecule has 0 aliphatic heterocycles. The molecule has 1 fully saturated rings. The molecule has 0 spiro atoms. The van der Waals surface area contributed by atoms with Crippen LogP contribution in [-0.2, 0) is 21.1 Å². The van der Waals surface area contributed by atoms with Crippen LogP contribution in [0.2, 0.25) is 25.7 Å². The number of para-hydroxylation sites is 1. The molecule has 174 valence electrons. The van der Waals surface area contributed by atoms with E-state index in [1.165, 1.54) is 0 Å². The van der Waals surface area contributed by atoms with Crippen LogP contribution in [0.5, 0.6) is 5.75 Å². The molecular weight excluding hydrogens is 434 g/mol. The van der Waals surface area contributed by atoms with E-state index in [-0.39, 0.29) is 17.7 Å². The topological polar surface area (TPSA) is 82.4 Å². The number of fused-ring (bicyclic) bond motifs is 1. The molecule has 33 heavy (non-hydrogen) atoms. The normalized spacial score (nSPS) is 17.7. The fourth-order valence-corrected chi connectivity index (χ4v) is 4.60. The number of ether oxygens (including phenoxy) is 2. The molecule has 1 aromatic carbocycles. The smallest absolute Gasteiger partial charge is 0.229 e. The minimum absolute atomic E-state index is 0.159. The number of nitrogens with zero attached hydrogens (tertiary/aromatic N) is 2. The number of rotatable bonds is 10. The summed E-state index contributed by atoms with van der Waals surface area (Å²) in [6.45, 7) is 8.05. The molecule has 1 aliphatic carbocycles. The summed E-state index contributed by atoms with van der Waals surface area (Å²) in [5.41, 5.74) is 2.69. The van der Waals surface area contributed by atoms with Crippen LogP contribution in [0.25, 0.3) is 22.2 Å². The minimum Gasteiger partial charge on any atom is -0.496 e. The van der Waals surface area contributed by atoms with Crippen LogP contribution < -0.4 is 10.1 Å². The molecule has 1 amide bonds. The number of amides is 1. The Bertz CT molecular complexity index is 1170. The average molecular weight is 466 g/mol. The average Bonchev–Trinajstić information content (AvgIpc) is 3.51. The van der Waals surface area contributed by atoms with Crippen molar-refractivity contribution < 1.29 is 19.1 Å². The Labute approximate surface area is 195 Å². The molecule has 0 saturated heterocycles. The summed E-state index contributed by atoms with van der Waals surface area (Å²) in [5.74, 6) is 0.669. The summed E-state index contributed by atoms with van der Waals surface area (Å²) in [6, 6.07) is 12.7. The summed E-state index contributed by atoms with van der Waals surface area (Å²) >= 11 is 0. The highest BCUT2D eigenvalue weighted by molar-refractivity contribution is 6.76. The van der Waals surface area contributed by atoms with Crippen molar-refractivity contribution in [2.45, 2.75) is 38.8 Å². The molecule has 2 aromatic heterocycles. The maximum atomic E-state index is 12.4. The van der Waals surface area contributed by atoms with Crippen LogP contribution in [0.3, 0.4) is 0 Å². The molecule has 8 heteroatoms. The van der Waals surface area contributed by atoms with Crippen molar-refractivity contribution in [3.05, 3.63) is 42.6 Å². The van der Waals surface area contributed by atoms with Gasteiger partial charge in [-0.15, -0.1) is 0 Å². The van der Waals surface area contributed by atoms with Crippen molar-refractivity contribution in [2.75, 3.05) is 19.0 Å². The van der Waals surface area contributed by atoms with E-state index < -0.39 is 8.07 Å². The van der Waals surface area contributed by atoms with E-state index >= 15 is 0 Å². The predicted octanol–water partition coefficient (Wildman–Crippen LogP) is 4.80. The van der Waals surface area contributed by atoms with Crippen molar-refractivity contribution in [2.24, 2.45) is 11.8 Å². The first-order valence-electron chi connectivity index (χ1n) is 11.3. The van der Waals surface area contributed by atoms with E-state index in [0.717, 1.165) is 40.2 Å². The largest absolute Gasteiger partial charge is 0.496 e. The fraction of sp³-hybridized carbons (Fsp3) is 0.400. The second-order valence-electron chi connectivity index (χ2n) is 9.76. The lowest BCUT2D eigenvalue weighted by Gasteiger charge is -2.15. The van der Waals surface area contributed by atoms with Gasteiger partial charge in [0.05, 0.1) is 7.11 Å². The number of hydrogen-bond donors (Lipinski definition) is 1. The van der Waals surface area contributed by atoms with E-state index in [2.05, 4.69) is 25.0 Å². The number of pyridine rings is 1. The van der Waals surface area contributed by atoms with Crippen molar-refractivity contribution in [1.29, 1.82) is 0 Å². The first kappa shape index (κ1) is 23.2. The van der Waals surface area contributed by atoms with Crippen molar-refractivity contribution in [3.8, 4) is 16.9 Å². The highest BCUT2D eigenvalue weighted by atomic mass is 28.3. The molecule has 0 radical (unpaired) electrons. The zero-order valence-electron chi connectivity index (χ0n) is 19.6. The van der Waals surface area contributed by atoms with Gasteiger partial charge in [-0.2, -0.15) is 0 Å². The maximum absolute atomic E-state index is 12.4. The first-order valence-corrected chi connectivity index (χ1v) is 15.0. The quantitative estimate of drug-likeness (QED) is 0.264. The summed E-state index contributed by atoms with van der Waals surface area (Å²) < 4.78 is 13.6. The lowest BCUT2D eigenvalue weighted by atomic mass is 10.0. The number of nitrogens with one attached hydrogen (secondary N) is 1. The molecule has 2 heterocycles. The number of aldehydes is 1. The molecule has 4 rings (SSSR count). The summed E-state index contributed by atoms with van der Waals surface area (Å²) in [4.78, 5) is 28.1. The molecule has 0 bridgehead atoms. The van der Waals surface area contributed by atoms with E-state index in [1.54, 1.807) is 13.2 Å². The van der Waals surface area contributed by atoms with E-state index in [1.807, 2.05) is 41.1 Å². The summed E-state index contributed by atoms with van der Waals surface area (Å²) in [7, 11) is 0.472. The lowest BCUT2D eigenvalue weighted by molar-refractivity contribution is -0.119. The van der Waals surface area contributed by atoms with Crippen LogP contribution in [0, 0.1) is 11.8 Å². The van der Waals surface area contributed by atoms with Gasteiger partial charge in [-0.05, 0) is 30.7 Å². The van der Waals surface area contributed by atoms with Gasteiger partial charge in [0.1, 0.15) is 30.2 Å². The Hall–Kier alpha value is -2.97. The second kappa shape index (κ2) is 9.49. The molecular formula is C25H31N3O4Si. The van der Waals surface area contributed by atoms with Crippen LogP contribution in [0.4, 0.5) is 5.82 Å². The number of carbonyl (C=O) groups is 2. The molecule has 0 unspecified atom stereocenters. The Balaban J connectivity index is 1.65. The van der Waals surface area contributed by atoms with E-state index in [9.17, 15) is 9.59 Å². The van der Waals surface area contributed by atoms with Gasteiger partial charge in [0.2, 0.25) is 5.91 Å². The standard InChI is InChI=1S/C25H31N3O4Si/c1-31-22-8-6-5-7-18(22)21-14-28(16-32-11-12-33(2,3)4)24-19(21)9-10-23(26-24)27-25(30)20-13-17(20)15-29/h5-10,14-15,17,20H,11-13,16H2,1-4H3,(H,26,27,30)/t17-,20-/m0/s1. The van der Waals surface area contributed by atoms with Gasteiger partial charge in [0.15, 0.2) is 0 Å². The summed E-state index contributed by atoms with van der Waals surface area (Å²) in [5, 5.41) is 3.81. The van der Waals surface area contributed by atoms with Gasteiger partial charge in [-0.1, -0.05) is 37.8 Å². The molecule has 7 nitrogen and oxygen atoms in total. The van der Waals surface area contributed by atoms with Crippen LogP contribution in [-0.4, -0.2) is 43.5 Å². The second-order valence-corrected chi connectivity index (χ2v) is 15.4. The Morgan fingerprint density at radius 3 is 2.70 bits per heavy atom. The van der Waals surface area contributed by atoms with Gasteiger partial charge in [0, 0.05) is 49.2 Å². The van der Waals surface area contributed by atoms with E-state index in [4.69, 9.17) is 14.5 Å². The maximum Gasteiger partial charge on any atom is 0.229 e. The monoisotopic (exact) mass is 465 g/mol. The number of hydrogen-bond acceptors (Lipinski definition) is 5. The third-order valence-electron chi connectivity index (χ3n) is 5.95. The number of methoxy groups -OCH3 is 1. The van der Waals surface area contributed by atoms with Crippen LogP contribution >= 0.6 is 0 Å². The van der Waals surface area contributed by atoms with Crippen molar-refractivity contribution in [3.63, 3.8) is 0 Å². The van der Waals surface area contributed by atoms with E-state index in [0.29, 0.717) is 25.6 Å². The SMILES string of the molecule is COc1ccccc1-c1cn(COCC[Si](C)(C)C)c2nc(NC(=O)[C@H]3C[C@H]3C=O)ccc12. The molecule has 2 atom stereocenters. The minimum atomic E-state index is -1.19. The molecule has 3 aromatic rings. The molecule has 1 N–H and O–H groups in total. The highest BCUT2D eigenvalue weighted by Gasteiger charge is 2.42. The van der Waals surface area contributed by atoms with Gasteiger partial charge in [0.25, 0.3) is 0 Å². The Morgan fingerprint density at radius 2 is 2.00 bits per heavy atom. The van der Waals surface area contributed by atoms with Crippen LogP contribution in [0.1, 0.15) is 6.42 Å². The lowest BCUT2D eigenvalue weighted by Crippen LogP contribution is -2.22. The zero-order chi connectivity index (χ0) is 23.6. The molecule has 1 saturated carbocycles.